The smallest absolute Gasteiger partial charge is 0.386 e. The molecule has 0 aliphatic carbocycles. The third-order valence-electron chi connectivity index (χ3n) is 5.62. The largest absolute Gasteiger partial charge is 0.485 e. The minimum absolute atomic E-state index is 0.0914. The maximum Gasteiger partial charge on any atom is 0.386 e. The van der Waals surface area contributed by atoms with Gasteiger partial charge >= 0.3 is 5.89 Å². The van der Waals surface area contributed by atoms with Crippen molar-refractivity contribution in [3.63, 3.8) is 0 Å². The van der Waals surface area contributed by atoms with Crippen LogP contribution in [0.25, 0.3) is 22.6 Å². The van der Waals surface area contributed by atoms with Crippen molar-refractivity contribution in [2.24, 2.45) is 0 Å². The van der Waals surface area contributed by atoms with Gasteiger partial charge in [0.1, 0.15) is 11.3 Å². The second-order valence-electron chi connectivity index (χ2n) is 7.01. The number of ether oxygens (including phenoxy) is 1. The fraction of sp³-hybridized carbons (Fsp3) is 0.409. The van der Waals surface area contributed by atoms with Gasteiger partial charge in [0, 0.05) is 18.9 Å². The van der Waals surface area contributed by atoms with Crippen LogP contribution in [-0.2, 0) is 12.0 Å². The molecule has 130 valence electrons. The highest BCUT2D eigenvalue weighted by molar-refractivity contribution is 5.73. The Labute approximate surface area is 149 Å². The van der Waals surface area contributed by atoms with Crippen LogP contribution < -0.4 is 9.30 Å². The van der Waals surface area contributed by atoms with E-state index in [1.807, 2.05) is 6.07 Å². The minimum Gasteiger partial charge on any atom is -0.485 e. The van der Waals surface area contributed by atoms with Crippen LogP contribution >= 0.6 is 0 Å². The first kappa shape index (κ1) is 16.2. The van der Waals surface area contributed by atoms with E-state index in [0.717, 1.165) is 54.0 Å². The molecular formula is C22H26NO2+. The molecule has 2 heterocycles. The van der Waals surface area contributed by atoms with Crippen molar-refractivity contribution in [3.05, 3.63) is 48.0 Å². The normalized spacial score (nSPS) is 15.3. The van der Waals surface area contributed by atoms with E-state index in [4.69, 9.17) is 9.15 Å². The monoisotopic (exact) mass is 336 g/mol. The van der Waals surface area contributed by atoms with Crippen LogP contribution in [-0.4, -0.2) is 6.61 Å². The number of rotatable bonds is 4. The molecule has 0 N–H and O–H groups in total. The molecule has 3 nitrogen and oxygen atoms in total. The number of aryl methyl sites for hydroxylation is 1. The molecule has 0 saturated carbocycles. The van der Waals surface area contributed by atoms with E-state index in [-0.39, 0.29) is 5.54 Å². The summed E-state index contributed by atoms with van der Waals surface area (Å²) in [7, 11) is 0. The first-order valence-corrected chi connectivity index (χ1v) is 9.42. The van der Waals surface area contributed by atoms with Crippen molar-refractivity contribution < 1.29 is 13.7 Å². The number of oxazole rings is 1. The standard InChI is InChI=1S/C22H26NO2/c1-4-9-16-12-13-17-20(14-16)24-15-22(5-2,6-3)23-18-10-7-8-11-19(18)25-21(17)23/h7-8,10-14H,4-6,9,15H2,1-3H3/q+1. The Bertz CT molecular complexity index is 906. The first-order valence-electron chi connectivity index (χ1n) is 9.42. The van der Waals surface area contributed by atoms with Crippen LogP contribution in [0.15, 0.2) is 46.9 Å². The average Bonchev–Trinajstić information content (AvgIpc) is 2.97. The Kier molecular flexibility index (Phi) is 4.03. The number of hydrogen-bond acceptors (Lipinski definition) is 2. The molecule has 3 aromatic rings. The minimum atomic E-state index is -0.0914. The summed E-state index contributed by atoms with van der Waals surface area (Å²) in [6.45, 7) is 7.36. The zero-order valence-corrected chi connectivity index (χ0v) is 15.3. The van der Waals surface area contributed by atoms with Gasteiger partial charge in [0.15, 0.2) is 6.61 Å². The molecular weight excluding hydrogens is 310 g/mol. The molecule has 2 aromatic carbocycles. The van der Waals surface area contributed by atoms with Crippen molar-refractivity contribution in [3.8, 4) is 17.2 Å². The van der Waals surface area contributed by atoms with E-state index in [2.05, 4.69) is 61.7 Å². The van der Waals surface area contributed by atoms with Gasteiger partial charge in [0.25, 0.3) is 5.52 Å². The van der Waals surface area contributed by atoms with E-state index in [9.17, 15) is 0 Å². The second kappa shape index (κ2) is 6.21. The molecule has 0 radical (unpaired) electrons. The number of hydrogen-bond donors (Lipinski definition) is 0. The Morgan fingerprint density at radius 3 is 2.60 bits per heavy atom. The van der Waals surface area contributed by atoms with E-state index in [1.165, 1.54) is 5.56 Å². The Morgan fingerprint density at radius 1 is 1.04 bits per heavy atom. The number of para-hydroxylation sites is 2. The summed E-state index contributed by atoms with van der Waals surface area (Å²) >= 11 is 0. The van der Waals surface area contributed by atoms with Crippen molar-refractivity contribution >= 4 is 11.1 Å². The first-order chi connectivity index (χ1) is 12.2. The molecule has 0 bridgehead atoms. The lowest BCUT2D eigenvalue weighted by molar-refractivity contribution is -0.737. The molecule has 25 heavy (non-hydrogen) atoms. The molecule has 0 spiro atoms. The maximum atomic E-state index is 6.34. The summed E-state index contributed by atoms with van der Waals surface area (Å²) in [4.78, 5) is 0. The van der Waals surface area contributed by atoms with Crippen LogP contribution in [0.1, 0.15) is 45.6 Å². The van der Waals surface area contributed by atoms with E-state index < -0.39 is 0 Å². The maximum absolute atomic E-state index is 6.34. The lowest BCUT2D eigenvalue weighted by Crippen LogP contribution is -2.58. The van der Waals surface area contributed by atoms with E-state index >= 15 is 0 Å². The SMILES string of the molecule is CCCc1ccc2c(c1)OCC(CC)(CC)[n+]1c-2oc2ccccc21. The van der Waals surface area contributed by atoms with Gasteiger partial charge in [-0.05, 0) is 30.2 Å². The molecule has 1 aromatic heterocycles. The molecule has 0 fully saturated rings. The highest BCUT2D eigenvalue weighted by Crippen LogP contribution is 2.38. The molecule has 0 unspecified atom stereocenters. The second-order valence-corrected chi connectivity index (χ2v) is 7.01. The molecule has 4 rings (SSSR count). The summed E-state index contributed by atoms with van der Waals surface area (Å²) < 4.78 is 15.1. The number of aromatic nitrogens is 1. The summed E-state index contributed by atoms with van der Waals surface area (Å²) in [5, 5.41) is 0. The fourth-order valence-electron chi connectivity index (χ4n) is 3.99. The predicted octanol–water partition coefficient (Wildman–Crippen LogP) is 5.25. The van der Waals surface area contributed by atoms with Crippen LogP contribution in [0.5, 0.6) is 5.75 Å². The molecule has 0 atom stereocenters. The van der Waals surface area contributed by atoms with Crippen molar-refractivity contribution in [2.75, 3.05) is 6.61 Å². The fourth-order valence-corrected chi connectivity index (χ4v) is 3.99. The highest BCUT2D eigenvalue weighted by Gasteiger charge is 2.46. The van der Waals surface area contributed by atoms with Crippen LogP contribution in [0, 0.1) is 0 Å². The summed E-state index contributed by atoms with van der Waals surface area (Å²) in [5.41, 5.74) is 4.38. The molecule has 0 amide bonds. The number of fused-ring (bicyclic) bond motifs is 5. The van der Waals surface area contributed by atoms with Crippen LogP contribution in [0.2, 0.25) is 0 Å². The molecule has 3 heteroatoms. The topological polar surface area (TPSA) is 26.2 Å². The summed E-state index contributed by atoms with van der Waals surface area (Å²) in [6.07, 6.45) is 4.21. The Balaban J connectivity index is 2.01. The van der Waals surface area contributed by atoms with Crippen molar-refractivity contribution in [1.29, 1.82) is 0 Å². The zero-order chi connectivity index (χ0) is 17.4. The number of benzene rings is 2. The molecule has 0 saturated heterocycles. The Hall–Kier alpha value is -2.29. The van der Waals surface area contributed by atoms with Gasteiger partial charge in [-0.15, -0.1) is 4.57 Å². The third-order valence-corrected chi connectivity index (χ3v) is 5.62. The molecule has 1 aliphatic heterocycles. The zero-order valence-electron chi connectivity index (χ0n) is 15.3. The third kappa shape index (κ3) is 2.45. The Morgan fingerprint density at radius 2 is 1.84 bits per heavy atom. The van der Waals surface area contributed by atoms with Gasteiger partial charge in [-0.2, -0.15) is 0 Å². The summed E-state index contributed by atoms with van der Waals surface area (Å²) in [6, 6.07) is 14.9. The lowest BCUT2D eigenvalue weighted by Gasteiger charge is -2.23. The van der Waals surface area contributed by atoms with Crippen molar-refractivity contribution in [2.45, 2.75) is 52.0 Å². The van der Waals surface area contributed by atoms with Gasteiger partial charge in [0.2, 0.25) is 11.1 Å². The number of nitrogens with zero attached hydrogens (tertiary/aromatic N) is 1. The van der Waals surface area contributed by atoms with Crippen molar-refractivity contribution in [1.82, 2.24) is 0 Å². The molecule has 1 aliphatic rings. The van der Waals surface area contributed by atoms with Gasteiger partial charge in [-0.3, -0.25) is 0 Å². The quantitative estimate of drug-likeness (QED) is 0.608. The van der Waals surface area contributed by atoms with Gasteiger partial charge in [-0.1, -0.05) is 45.4 Å². The lowest BCUT2D eigenvalue weighted by atomic mass is 9.93. The summed E-state index contributed by atoms with van der Waals surface area (Å²) in [5.74, 6) is 1.86. The predicted molar refractivity (Wildman–Crippen MR) is 99.9 cm³/mol. The van der Waals surface area contributed by atoms with Crippen LogP contribution in [0.4, 0.5) is 0 Å². The van der Waals surface area contributed by atoms with Gasteiger partial charge < -0.3 is 9.15 Å². The highest BCUT2D eigenvalue weighted by atomic mass is 16.5. The van der Waals surface area contributed by atoms with Gasteiger partial charge in [-0.25, -0.2) is 0 Å². The van der Waals surface area contributed by atoms with E-state index in [0.29, 0.717) is 6.61 Å². The van der Waals surface area contributed by atoms with Gasteiger partial charge in [0.05, 0.1) is 0 Å². The van der Waals surface area contributed by atoms with Crippen LogP contribution in [0.3, 0.4) is 0 Å². The van der Waals surface area contributed by atoms with E-state index in [1.54, 1.807) is 0 Å². The average molecular weight is 336 g/mol.